The van der Waals surface area contributed by atoms with E-state index in [1.807, 2.05) is 18.2 Å². The van der Waals surface area contributed by atoms with Gasteiger partial charge in [-0.25, -0.2) is 0 Å². The summed E-state index contributed by atoms with van der Waals surface area (Å²) in [6, 6.07) is 5.62. The highest BCUT2D eigenvalue weighted by atomic mass is 79.9. The van der Waals surface area contributed by atoms with Crippen LogP contribution in [0.5, 0.6) is 0 Å². The lowest BCUT2D eigenvalue weighted by molar-refractivity contribution is -0.115. The Morgan fingerprint density at radius 3 is 2.69 bits per heavy atom. The Hall–Kier alpha value is 0.0700. The molecule has 1 rings (SSSR count). The third-order valence-corrected chi connectivity index (χ3v) is 3.34. The van der Waals surface area contributed by atoms with Gasteiger partial charge in [0.15, 0.2) is 0 Å². The molecule has 0 heterocycles. The maximum absolute atomic E-state index is 11.1. The third kappa shape index (κ3) is 3.04. The van der Waals surface area contributed by atoms with Crippen LogP contribution in [0.1, 0.15) is 5.56 Å². The van der Waals surface area contributed by atoms with Gasteiger partial charge in [0, 0.05) is 16.2 Å². The average Bonchev–Trinajstić information content (AvgIpc) is 2.13. The fraction of sp³-hybridized carbons (Fsp3) is 0.222. The number of alkyl halides is 1. The zero-order valence-electron chi connectivity index (χ0n) is 6.83. The van der Waals surface area contributed by atoms with Crippen LogP contribution in [0.2, 0.25) is 0 Å². The van der Waals surface area contributed by atoms with Crippen LogP contribution in [0.25, 0.3) is 0 Å². The lowest BCUT2D eigenvalue weighted by Gasteiger charge is -2.04. The van der Waals surface area contributed by atoms with Gasteiger partial charge in [0.25, 0.3) is 0 Å². The van der Waals surface area contributed by atoms with Gasteiger partial charge in [0.2, 0.25) is 0 Å². The van der Waals surface area contributed by atoms with Gasteiger partial charge in [0.05, 0.1) is 5.33 Å². The topological polar surface area (TPSA) is 17.1 Å². The molecule has 0 aliphatic carbocycles. The first-order valence-electron chi connectivity index (χ1n) is 3.72. The molecule has 0 unspecified atom stereocenters. The van der Waals surface area contributed by atoms with Gasteiger partial charge in [0.1, 0.15) is 5.78 Å². The summed E-state index contributed by atoms with van der Waals surface area (Å²) in [6.07, 6.45) is 0.415. The minimum absolute atomic E-state index is 0.147. The van der Waals surface area contributed by atoms with Gasteiger partial charge in [-0.3, -0.25) is 4.79 Å². The number of ketones is 1. The van der Waals surface area contributed by atoms with E-state index in [2.05, 4.69) is 41.2 Å². The van der Waals surface area contributed by atoms with E-state index in [-0.39, 0.29) is 5.78 Å². The van der Waals surface area contributed by atoms with Crippen LogP contribution in [0.15, 0.2) is 28.0 Å². The molecule has 0 fully saturated rings. The normalized spacial score (nSPS) is 10.1. The Morgan fingerprint density at radius 2 is 2.08 bits per heavy atom. The first-order valence-corrected chi connectivity index (χ1v) is 5.74. The van der Waals surface area contributed by atoms with Crippen molar-refractivity contribution in [1.82, 2.24) is 0 Å². The van der Waals surface area contributed by atoms with E-state index in [1.54, 1.807) is 0 Å². The van der Waals surface area contributed by atoms with E-state index in [9.17, 15) is 4.79 Å². The maximum Gasteiger partial charge on any atom is 0.147 e. The summed E-state index contributed by atoms with van der Waals surface area (Å²) in [6.45, 7) is 0. The second-order valence-electron chi connectivity index (χ2n) is 2.63. The van der Waals surface area contributed by atoms with Gasteiger partial charge in [-0.05, 0) is 11.6 Å². The van der Waals surface area contributed by atoms with Crippen molar-refractivity contribution in [2.24, 2.45) is 0 Å². The van der Waals surface area contributed by atoms with Gasteiger partial charge in [-0.15, -0.1) is 25.3 Å². The van der Waals surface area contributed by atoms with E-state index < -0.39 is 0 Å². The predicted molar refractivity (Wildman–Crippen MR) is 63.5 cm³/mol. The van der Waals surface area contributed by atoms with E-state index in [4.69, 9.17) is 0 Å². The van der Waals surface area contributed by atoms with Crippen LogP contribution < -0.4 is 0 Å². The van der Waals surface area contributed by atoms with Crippen molar-refractivity contribution in [3.8, 4) is 0 Å². The highest BCUT2D eigenvalue weighted by Gasteiger charge is 2.06. The summed E-state index contributed by atoms with van der Waals surface area (Å²) >= 11 is 11.6. The van der Waals surface area contributed by atoms with Crippen molar-refractivity contribution in [3.05, 3.63) is 23.8 Å². The summed E-state index contributed by atoms with van der Waals surface area (Å²) < 4.78 is 0. The molecule has 70 valence electrons. The minimum Gasteiger partial charge on any atom is -0.298 e. The van der Waals surface area contributed by atoms with E-state index in [0.717, 1.165) is 15.4 Å². The van der Waals surface area contributed by atoms with Crippen molar-refractivity contribution in [2.45, 2.75) is 16.2 Å². The number of thiol groups is 2. The number of hydrogen-bond donors (Lipinski definition) is 2. The smallest absolute Gasteiger partial charge is 0.147 e. The maximum atomic E-state index is 11.1. The molecule has 4 heteroatoms. The molecule has 0 spiro atoms. The Morgan fingerprint density at radius 1 is 1.38 bits per heavy atom. The van der Waals surface area contributed by atoms with Crippen molar-refractivity contribution in [2.75, 3.05) is 5.33 Å². The molecular weight excluding hydrogens is 268 g/mol. The summed E-state index contributed by atoms with van der Waals surface area (Å²) in [5, 5.41) is 0.386. The number of Topliss-reactive ketones (excluding diaryl/α,β-unsaturated/α-hetero) is 1. The molecule has 1 aromatic rings. The Kier molecular flexibility index (Phi) is 4.35. The molecule has 0 bridgehead atoms. The average molecular weight is 277 g/mol. The summed E-state index contributed by atoms with van der Waals surface area (Å²) in [5.41, 5.74) is 0.931. The van der Waals surface area contributed by atoms with Crippen LogP contribution in [0.3, 0.4) is 0 Å². The Bertz CT molecular complexity index is 325. The highest BCUT2D eigenvalue weighted by molar-refractivity contribution is 9.09. The van der Waals surface area contributed by atoms with Gasteiger partial charge in [-0.2, -0.15) is 0 Å². The molecule has 0 amide bonds. The molecule has 0 saturated carbocycles. The Labute approximate surface area is 96.9 Å². The third-order valence-electron chi connectivity index (χ3n) is 1.63. The van der Waals surface area contributed by atoms with Crippen molar-refractivity contribution >= 4 is 47.0 Å². The molecule has 13 heavy (non-hydrogen) atoms. The molecule has 0 aliphatic rings. The van der Waals surface area contributed by atoms with Crippen molar-refractivity contribution in [1.29, 1.82) is 0 Å². The fourth-order valence-electron chi connectivity index (χ4n) is 0.980. The van der Waals surface area contributed by atoms with Crippen LogP contribution in [-0.2, 0) is 11.2 Å². The number of benzene rings is 1. The quantitative estimate of drug-likeness (QED) is 0.642. The number of carbonyl (C=O) groups is 1. The molecule has 0 N–H and O–H groups in total. The molecule has 0 atom stereocenters. The predicted octanol–water partition coefficient (Wildman–Crippen LogP) is 2.77. The van der Waals surface area contributed by atoms with Crippen LogP contribution in [0, 0.1) is 0 Å². The molecular formula is C9H9BrOS2. The number of carbonyl (C=O) groups excluding carboxylic acids is 1. The lowest BCUT2D eigenvalue weighted by Crippen LogP contribution is -2.04. The first kappa shape index (κ1) is 11.1. The van der Waals surface area contributed by atoms with Crippen molar-refractivity contribution in [3.63, 3.8) is 0 Å². The van der Waals surface area contributed by atoms with Gasteiger partial charge in [-0.1, -0.05) is 28.1 Å². The second-order valence-corrected chi connectivity index (χ2v) is 4.12. The largest absolute Gasteiger partial charge is 0.298 e. The fourth-order valence-corrected chi connectivity index (χ4v) is 1.64. The second kappa shape index (κ2) is 5.08. The van der Waals surface area contributed by atoms with Gasteiger partial charge < -0.3 is 0 Å². The number of halogens is 1. The van der Waals surface area contributed by atoms with Crippen LogP contribution in [0.4, 0.5) is 0 Å². The van der Waals surface area contributed by atoms with Crippen molar-refractivity contribution < 1.29 is 4.79 Å². The molecule has 0 saturated heterocycles. The molecule has 0 radical (unpaired) electrons. The molecule has 1 nitrogen and oxygen atoms in total. The van der Waals surface area contributed by atoms with E-state index in [0.29, 0.717) is 11.8 Å². The Balaban J connectivity index is 2.89. The summed E-state index contributed by atoms with van der Waals surface area (Å²) in [5.74, 6) is 0.147. The minimum atomic E-state index is 0.147. The van der Waals surface area contributed by atoms with Gasteiger partial charge >= 0.3 is 0 Å². The number of rotatable bonds is 3. The first-order chi connectivity index (χ1) is 6.15. The molecule has 0 aliphatic heterocycles. The zero-order chi connectivity index (χ0) is 9.84. The van der Waals surface area contributed by atoms with E-state index in [1.165, 1.54) is 0 Å². The zero-order valence-corrected chi connectivity index (χ0v) is 10.2. The number of hydrogen-bond acceptors (Lipinski definition) is 3. The SMILES string of the molecule is O=C(CBr)Cc1cccc(S)c1S. The summed E-state index contributed by atoms with van der Waals surface area (Å²) in [4.78, 5) is 12.7. The van der Waals surface area contributed by atoms with Crippen LogP contribution in [-0.4, -0.2) is 11.1 Å². The molecule has 0 aromatic heterocycles. The standard InChI is InChI=1S/C9H9BrOS2/c10-5-7(11)4-6-2-1-3-8(12)9(6)13/h1-3,12-13H,4-5H2. The lowest BCUT2D eigenvalue weighted by atomic mass is 10.1. The monoisotopic (exact) mass is 276 g/mol. The van der Waals surface area contributed by atoms with Crippen LogP contribution >= 0.6 is 41.2 Å². The van der Waals surface area contributed by atoms with E-state index >= 15 is 0 Å². The molecule has 1 aromatic carbocycles. The highest BCUT2D eigenvalue weighted by Crippen LogP contribution is 2.22. The summed E-state index contributed by atoms with van der Waals surface area (Å²) in [7, 11) is 0.